The Morgan fingerprint density at radius 1 is 1.30 bits per heavy atom. The molecular weight excluding hydrogens is 295 g/mol. The van der Waals surface area contributed by atoms with Crippen LogP contribution in [-0.4, -0.2) is 34.1 Å². The SMILES string of the molecule is CNCc1ccc(OCCS(C)(=O)=O)c(C(F)(F)F)c1. The van der Waals surface area contributed by atoms with E-state index in [9.17, 15) is 21.6 Å². The smallest absolute Gasteiger partial charge is 0.419 e. The van der Waals surface area contributed by atoms with Crippen molar-refractivity contribution >= 4 is 9.84 Å². The molecule has 1 rings (SSSR count). The largest absolute Gasteiger partial charge is 0.492 e. The summed E-state index contributed by atoms with van der Waals surface area (Å²) >= 11 is 0. The van der Waals surface area contributed by atoms with Crippen LogP contribution in [0.2, 0.25) is 0 Å². The van der Waals surface area contributed by atoms with Crippen molar-refractivity contribution in [1.29, 1.82) is 0 Å². The number of benzene rings is 1. The van der Waals surface area contributed by atoms with Crippen LogP contribution in [0.15, 0.2) is 18.2 Å². The average molecular weight is 311 g/mol. The molecule has 114 valence electrons. The number of alkyl halides is 3. The lowest BCUT2D eigenvalue weighted by Crippen LogP contribution is -2.15. The number of nitrogens with one attached hydrogen (secondary N) is 1. The molecule has 0 aliphatic heterocycles. The average Bonchev–Trinajstić information content (AvgIpc) is 2.28. The quantitative estimate of drug-likeness (QED) is 0.871. The van der Waals surface area contributed by atoms with Gasteiger partial charge in [-0.15, -0.1) is 0 Å². The molecule has 20 heavy (non-hydrogen) atoms. The first-order valence-corrected chi connectivity index (χ1v) is 7.85. The molecule has 0 radical (unpaired) electrons. The van der Waals surface area contributed by atoms with Gasteiger partial charge in [-0.05, 0) is 24.7 Å². The molecule has 1 aromatic carbocycles. The zero-order valence-corrected chi connectivity index (χ0v) is 11.9. The number of rotatable bonds is 6. The van der Waals surface area contributed by atoms with E-state index in [0.29, 0.717) is 12.1 Å². The second-order valence-electron chi connectivity index (χ2n) is 4.34. The van der Waals surface area contributed by atoms with Crippen molar-refractivity contribution in [2.24, 2.45) is 0 Å². The minimum atomic E-state index is -4.55. The van der Waals surface area contributed by atoms with E-state index < -0.39 is 21.6 Å². The number of sulfone groups is 1. The molecule has 0 fully saturated rings. The Balaban J connectivity index is 2.94. The van der Waals surface area contributed by atoms with Gasteiger partial charge in [-0.1, -0.05) is 6.07 Å². The molecule has 0 spiro atoms. The Morgan fingerprint density at radius 2 is 1.95 bits per heavy atom. The highest BCUT2D eigenvalue weighted by molar-refractivity contribution is 7.90. The van der Waals surface area contributed by atoms with Gasteiger partial charge in [0.15, 0.2) is 9.84 Å². The van der Waals surface area contributed by atoms with Crippen LogP contribution in [0.1, 0.15) is 11.1 Å². The van der Waals surface area contributed by atoms with Gasteiger partial charge in [0.25, 0.3) is 0 Å². The van der Waals surface area contributed by atoms with Crippen LogP contribution in [0.3, 0.4) is 0 Å². The normalized spacial score (nSPS) is 12.4. The summed E-state index contributed by atoms with van der Waals surface area (Å²) in [5, 5.41) is 2.76. The number of ether oxygens (including phenoxy) is 1. The third-order valence-electron chi connectivity index (χ3n) is 2.44. The Kier molecular flexibility index (Phi) is 5.41. The maximum Gasteiger partial charge on any atom is 0.419 e. The van der Waals surface area contributed by atoms with Crippen LogP contribution in [0.25, 0.3) is 0 Å². The molecule has 8 heteroatoms. The third-order valence-corrected chi connectivity index (χ3v) is 3.35. The first-order chi connectivity index (χ1) is 9.13. The highest BCUT2D eigenvalue weighted by Crippen LogP contribution is 2.36. The second kappa shape index (κ2) is 6.45. The Hall–Kier alpha value is -1.28. The van der Waals surface area contributed by atoms with Gasteiger partial charge < -0.3 is 10.1 Å². The highest BCUT2D eigenvalue weighted by atomic mass is 32.2. The standard InChI is InChI=1S/C12H16F3NO3S/c1-16-8-9-3-4-11(10(7-9)12(13,14)15)19-5-6-20(2,17)18/h3-4,7,16H,5-6,8H2,1-2H3. The van der Waals surface area contributed by atoms with E-state index in [1.54, 1.807) is 7.05 Å². The zero-order chi connectivity index (χ0) is 15.4. The van der Waals surface area contributed by atoms with Crippen LogP contribution in [0.5, 0.6) is 5.75 Å². The van der Waals surface area contributed by atoms with E-state index in [4.69, 9.17) is 4.74 Å². The Morgan fingerprint density at radius 3 is 2.45 bits per heavy atom. The summed E-state index contributed by atoms with van der Waals surface area (Å²) in [5.41, 5.74) is -0.436. The van der Waals surface area contributed by atoms with Gasteiger partial charge in [-0.25, -0.2) is 8.42 Å². The molecule has 0 heterocycles. The molecule has 0 unspecified atom stereocenters. The van der Waals surface area contributed by atoms with Crippen molar-refractivity contribution in [1.82, 2.24) is 5.32 Å². The second-order valence-corrected chi connectivity index (χ2v) is 6.60. The van der Waals surface area contributed by atoms with Gasteiger partial charge >= 0.3 is 6.18 Å². The molecule has 0 aromatic heterocycles. The first kappa shape index (κ1) is 16.8. The molecule has 0 bridgehead atoms. The molecular formula is C12H16F3NO3S. The molecule has 1 N–H and O–H groups in total. The maximum absolute atomic E-state index is 12.9. The predicted molar refractivity (Wildman–Crippen MR) is 69.4 cm³/mol. The van der Waals surface area contributed by atoms with Crippen molar-refractivity contribution in [3.8, 4) is 5.75 Å². The van der Waals surface area contributed by atoms with Crippen molar-refractivity contribution in [2.75, 3.05) is 25.7 Å². The van der Waals surface area contributed by atoms with Gasteiger partial charge in [0.05, 0.1) is 11.3 Å². The minimum absolute atomic E-state index is 0.298. The Labute approximate surface area is 115 Å². The summed E-state index contributed by atoms with van der Waals surface area (Å²) in [6.45, 7) is -0.0139. The zero-order valence-electron chi connectivity index (χ0n) is 11.1. The summed E-state index contributed by atoms with van der Waals surface area (Å²) in [5.74, 6) is -0.691. The third kappa shape index (κ3) is 5.38. The fraction of sp³-hybridized carbons (Fsp3) is 0.500. The summed E-state index contributed by atoms with van der Waals surface area (Å²) in [6.07, 6.45) is -3.55. The van der Waals surface area contributed by atoms with Gasteiger partial charge in [0, 0.05) is 12.8 Å². The van der Waals surface area contributed by atoms with Crippen molar-refractivity contribution in [2.45, 2.75) is 12.7 Å². The van der Waals surface area contributed by atoms with E-state index in [1.807, 2.05) is 0 Å². The summed E-state index contributed by atoms with van der Waals surface area (Å²) in [4.78, 5) is 0. The topological polar surface area (TPSA) is 55.4 Å². The summed E-state index contributed by atoms with van der Waals surface area (Å²) in [7, 11) is -1.65. The first-order valence-electron chi connectivity index (χ1n) is 5.79. The van der Waals surface area contributed by atoms with Gasteiger partial charge in [-0.3, -0.25) is 0 Å². The minimum Gasteiger partial charge on any atom is -0.492 e. The van der Waals surface area contributed by atoms with E-state index in [-0.39, 0.29) is 18.1 Å². The molecule has 1 aromatic rings. The highest BCUT2D eigenvalue weighted by Gasteiger charge is 2.34. The van der Waals surface area contributed by atoms with Crippen molar-refractivity contribution < 1.29 is 26.3 Å². The lowest BCUT2D eigenvalue weighted by molar-refractivity contribution is -0.138. The van der Waals surface area contributed by atoms with E-state index in [2.05, 4.69) is 5.32 Å². The summed E-state index contributed by atoms with van der Waals surface area (Å²) in [6, 6.07) is 3.70. The van der Waals surface area contributed by atoms with Crippen LogP contribution in [0.4, 0.5) is 13.2 Å². The van der Waals surface area contributed by atoms with E-state index in [0.717, 1.165) is 12.3 Å². The summed E-state index contributed by atoms with van der Waals surface area (Å²) < 4.78 is 65.6. The molecule has 0 aliphatic carbocycles. The van der Waals surface area contributed by atoms with Gasteiger partial charge in [-0.2, -0.15) is 13.2 Å². The van der Waals surface area contributed by atoms with Crippen LogP contribution < -0.4 is 10.1 Å². The van der Waals surface area contributed by atoms with E-state index in [1.165, 1.54) is 12.1 Å². The van der Waals surface area contributed by atoms with Crippen molar-refractivity contribution in [3.63, 3.8) is 0 Å². The lowest BCUT2D eigenvalue weighted by Gasteiger charge is -2.15. The lowest BCUT2D eigenvalue weighted by atomic mass is 10.1. The monoisotopic (exact) mass is 311 g/mol. The Bertz CT molecular complexity index is 556. The molecule has 0 atom stereocenters. The van der Waals surface area contributed by atoms with Crippen LogP contribution in [0, 0.1) is 0 Å². The predicted octanol–water partition coefficient (Wildman–Crippen LogP) is 1.85. The maximum atomic E-state index is 12.9. The van der Waals surface area contributed by atoms with Crippen molar-refractivity contribution in [3.05, 3.63) is 29.3 Å². The van der Waals surface area contributed by atoms with Crippen LogP contribution >= 0.6 is 0 Å². The molecule has 0 amide bonds. The molecule has 0 saturated heterocycles. The fourth-order valence-corrected chi connectivity index (χ4v) is 1.93. The molecule has 0 saturated carbocycles. The van der Waals surface area contributed by atoms with E-state index >= 15 is 0 Å². The van der Waals surface area contributed by atoms with Gasteiger partial charge in [0.2, 0.25) is 0 Å². The molecule has 0 aliphatic rings. The number of hydrogen-bond acceptors (Lipinski definition) is 4. The number of hydrogen-bond donors (Lipinski definition) is 1. The van der Waals surface area contributed by atoms with Crippen LogP contribution in [-0.2, 0) is 22.6 Å². The number of halogens is 3. The molecule has 4 nitrogen and oxygen atoms in total. The van der Waals surface area contributed by atoms with Gasteiger partial charge in [0.1, 0.15) is 12.4 Å². The fourth-order valence-electron chi connectivity index (χ4n) is 1.54.